The summed E-state index contributed by atoms with van der Waals surface area (Å²) in [7, 11) is 0. The van der Waals surface area contributed by atoms with Crippen LogP contribution in [0.25, 0.3) is 0 Å². The molecule has 0 atom stereocenters. The van der Waals surface area contributed by atoms with Crippen LogP contribution in [0, 0.1) is 12.3 Å². The lowest BCUT2D eigenvalue weighted by Crippen LogP contribution is -2.63. The molecule has 1 spiro atoms. The zero-order valence-corrected chi connectivity index (χ0v) is 11.1. The summed E-state index contributed by atoms with van der Waals surface area (Å²) in [4.78, 5) is 12.2. The molecule has 92 valence electrons. The SMILES string of the molecule is Cc1nn(C2CC3(C2)CN(C(=O)O)C3)cc1Br. The van der Waals surface area contributed by atoms with Gasteiger partial charge in [0, 0.05) is 24.7 Å². The monoisotopic (exact) mass is 299 g/mol. The highest BCUT2D eigenvalue weighted by atomic mass is 79.9. The van der Waals surface area contributed by atoms with Crippen LogP contribution in [0.5, 0.6) is 0 Å². The summed E-state index contributed by atoms with van der Waals surface area (Å²) in [6, 6.07) is 0.441. The fraction of sp³-hybridized carbons (Fsp3) is 0.636. The Morgan fingerprint density at radius 3 is 2.71 bits per heavy atom. The molecule has 6 heteroatoms. The van der Waals surface area contributed by atoms with Gasteiger partial charge < -0.3 is 10.0 Å². The largest absolute Gasteiger partial charge is 0.465 e. The molecule has 1 aromatic rings. The Bertz CT molecular complexity index is 452. The number of amides is 1. The molecule has 0 bridgehead atoms. The first-order valence-corrected chi connectivity index (χ1v) is 6.48. The highest BCUT2D eigenvalue weighted by Crippen LogP contribution is 2.53. The molecule has 1 amide bonds. The second kappa shape index (κ2) is 3.48. The lowest BCUT2D eigenvalue weighted by Gasteiger charge is -2.57. The number of likely N-dealkylation sites (tertiary alicyclic amines) is 1. The fourth-order valence-corrected chi connectivity index (χ4v) is 3.22. The van der Waals surface area contributed by atoms with Crippen LogP contribution >= 0.6 is 15.9 Å². The first kappa shape index (κ1) is 11.1. The van der Waals surface area contributed by atoms with E-state index in [2.05, 4.69) is 21.0 Å². The highest BCUT2D eigenvalue weighted by Gasteiger charge is 2.54. The van der Waals surface area contributed by atoms with Crippen molar-refractivity contribution in [2.24, 2.45) is 5.41 Å². The molecule has 0 unspecified atom stereocenters. The number of carboxylic acid groups (broad SMARTS) is 1. The number of halogens is 1. The molecule has 1 saturated heterocycles. The van der Waals surface area contributed by atoms with Crippen molar-refractivity contribution in [3.8, 4) is 0 Å². The van der Waals surface area contributed by atoms with Gasteiger partial charge in [0.2, 0.25) is 0 Å². The maximum Gasteiger partial charge on any atom is 0.407 e. The first-order valence-electron chi connectivity index (χ1n) is 5.68. The molecule has 1 aliphatic heterocycles. The van der Waals surface area contributed by atoms with Crippen molar-refractivity contribution in [1.29, 1.82) is 0 Å². The van der Waals surface area contributed by atoms with E-state index in [0.29, 0.717) is 19.1 Å². The first-order chi connectivity index (χ1) is 7.99. The predicted octanol–water partition coefficient (Wildman–Crippen LogP) is 2.27. The average molecular weight is 300 g/mol. The summed E-state index contributed by atoms with van der Waals surface area (Å²) in [6.07, 6.45) is 3.31. The molecule has 1 aliphatic carbocycles. The molecule has 1 saturated carbocycles. The molecule has 17 heavy (non-hydrogen) atoms. The van der Waals surface area contributed by atoms with Gasteiger partial charge in [0.15, 0.2) is 0 Å². The fourth-order valence-electron chi connectivity index (χ4n) is 2.93. The van der Waals surface area contributed by atoms with Gasteiger partial charge in [0.1, 0.15) is 0 Å². The summed E-state index contributed by atoms with van der Waals surface area (Å²) >= 11 is 3.46. The van der Waals surface area contributed by atoms with Crippen LogP contribution in [-0.4, -0.2) is 39.0 Å². The zero-order valence-electron chi connectivity index (χ0n) is 9.56. The minimum Gasteiger partial charge on any atom is -0.465 e. The van der Waals surface area contributed by atoms with Gasteiger partial charge in [-0.2, -0.15) is 5.10 Å². The lowest BCUT2D eigenvalue weighted by atomic mass is 9.61. The molecule has 3 rings (SSSR count). The lowest BCUT2D eigenvalue weighted by molar-refractivity contribution is -0.0772. The van der Waals surface area contributed by atoms with E-state index in [1.165, 1.54) is 4.90 Å². The van der Waals surface area contributed by atoms with E-state index >= 15 is 0 Å². The summed E-state index contributed by atoms with van der Waals surface area (Å²) in [5, 5.41) is 13.3. The predicted molar refractivity (Wildman–Crippen MR) is 65.0 cm³/mol. The van der Waals surface area contributed by atoms with E-state index in [4.69, 9.17) is 5.11 Å². The summed E-state index contributed by atoms with van der Waals surface area (Å²) in [5.41, 5.74) is 1.25. The van der Waals surface area contributed by atoms with E-state index < -0.39 is 6.09 Å². The molecule has 5 nitrogen and oxygen atoms in total. The summed E-state index contributed by atoms with van der Waals surface area (Å²) < 4.78 is 3.05. The van der Waals surface area contributed by atoms with E-state index in [9.17, 15) is 4.79 Å². The van der Waals surface area contributed by atoms with Crippen molar-refractivity contribution in [1.82, 2.24) is 14.7 Å². The van der Waals surface area contributed by atoms with Gasteiger partial charge in [-0.3, -0.25) is 4.68 Å². The van der Waals surface area contributed by atoms with Crippen LogP contribution in [0.4, 0.5) is 4.79 Å². The van der Waals surface area contributed by atoms with E-state index in [1.807, 2.05) is 17.8 Å². The Morgan fingerprint density at radius 2 is 2.24 bits per heavy atom. The summed E-state index contributed by atoms with van der Waals surface area (Å²) in [6.45, 7) is 3.37. The molecular formula is C11H14BrN3O2. The van der Waals surface area contributed by atoms with Crippen LogP contribution in [0.1, 0.15) is 24.6 Å². The maximum atomic E-state index is 10.7. The normalized spacial score (nSPS) is 22.4. The van der Waals surface area contributed by atoms with E-state index in [-0.39, 0.29) is 5.41 Å². The van der Waals surface area contributed by atoms with Crippen molar-refractivity contribution in [3.05, 3.63) is 16.4 Å². The van der Waals surface area contributed by atoms with Crippen LogP contribution in [-0.2, 0) is 0 Å². The number of carbonyl (C=O) groups is 1. The third kappa shape index (κ3) is 1.66. The molecule has 2 fully saturated rings. The molecular weight excluding hydrogens is 286 g/mol. The van der Waals surface area contributed by atoms with Gasteiger partial charge >= 0.3 is 6.09 Å². The number of hydrogen-bond acceptors (Lipinski definition) is 2. The third-order valence-electron chi connectivity index (χ3n) is 3.89. The molecule has 1 N–H and O–H groups in total. The van der Waals surface area contributed by atoms with Gasteiger partial charge in [0.25, 0.3) is 0 Å². The molecule has 0 radical (unpaired) electrons. The van der Waals surface area contributed by atoms with Gasteiger partial charge in [-0.15, -0.1) is 0 Å². The zero-order chi connectivity index (χ0) is 12.2. The number of aryl methyl sites for hydroxylation is 1. The second-order valence-corrected chi connectivity index (χ2v) is 6.10. The number of aromatic nitrogens is 2. The van der Waals surface area contributed by atoms with Crippen molar-refractivity contribution >= 4 is 22.0 Å². The smallest absolute Gasteiger partial charge is 0.407 e. The van der Waals surface area contributed by atoms with Crippen molar-refractivity contribution in [2.75, 3.05) is 13.1 Å². The highest BCUT2D eigenvalue weighted by molar-refractivity contribution is 9.10. The van der Waals surface area contributed by atoms with Crippen molar-refractivity contribution in [3.63, 3.8) is 0 Å². The Balaban J connectivity index is 1.61. The van der Waals surface area contributed by atoms with Gasteiger partial charge in [-0.05, 0) is 35.7 Å². The van der Waals surface area contributed by atoms with Crippen LogP contribution < -0.4 is 0 Å². The Labute approximate surface area is 108 Å². The minimum absolute atomic E-state index is 0.245. The number of rotatable bonds is 1. The van der Waals surface area contributed by atoms with Crippen LogP contribution in [0.3, 0.4) is 0 Å². The topological polar surface area (TPSA) is 58.4 Å². The minimum atomic E-state index is -0.795. The van der Waals surface area contributed by atoms with Gasteiger partial charge in [0.05, 0.1) is 16.2 Å². The Kier molecular flexibility index (Phi) is 2.26. The average Bonchev–Trinajstić information content (AvgIpc) is 2.41. The Hall–Kier alpha value is -1.04. The Morgan fingerprint density at radius 1 is 1.59 bits per heavy atom. The molecule has 1 aromatic heterocycles. The second-order valence-electron chi connectivity index (χ2n) is 5.24. The third-order valence-corrected chi connectivity index (χ3v) is 4.67. The number of nitrogens with zero attached hydrogens (tertiary/aromatic N) is 3. The summed E-state index contributed by atoms with van der Waals surface area (Å²) in [5.74, 6) is 0. The molecule has 2 heterocycles. The van der Waals surface area contributed by atoms with Crippen LogP contribution in [0.15, 0.2) is 10.7 Å². The van der Waals surface area contributed by atoms with Crippen LogP contribution in [0.2, 0.25) is 0 Å². The molecule has 0 aromatic carbocycles. The maximum absolute atomic E-state index is 10.7. The quantitative estimate of drug-likeness (QED) is 0.865. The van der Waals surface area contributed by atoms with Crippen molar-refractivity contribution < 1.29 is 9.90 Å². The van der Waals surface area contributed by atoms with E-state index in [1.54, 1.807) is 0 Å². The molecule has 2 aliphatic rings. The van der Waals surface area contributed by atoms with Gasteiger partial charge in [-0.25, -0.2) is 4.79 Å². The van der Waals surface area contributed by atoms with Gasteiger partial charge in [-0.1, -0.05) is 0 Å². The number of hydrogen-bond donors (Lipinski definition) is 1. The standard InChI is InChI=1S/C11H14BrN3O2/c1-7-9(12)4-15(13-7)8-2-11(3-8)5-14(6-11)10(16)17/h4,8H,2-3,5-6H2,1H3,(H,16,17). The van der Waals surface area contributed by atoms with Crippen molar-refractivity contribution in [2.45, 2.75) is 25.8 Å². The van der Waals surface area contributed by atoms with E-state index in [0.717, 1.165) is 23.0 Å².